The summed E-state index contributed by atoms with van der Waals surface area (Å²) in [5, 5.41) is 8.76. The average Bonchev–Trinajstić information content (AvgIpc) is 2.03. The molecule has 0 aliphatic rings. The van der Waals surface area contributed by atoms with Gasteiger partial charge < -0.3 is 9.84 Å². The molecule has 0 amide bonds. The monoisotopic (exact) mass is 188 g/mol. The number of carbonyl (C=O) groups is 1. The first-order valence-electron chi connectivity index (χ1n) is 4.82. The van der Waals surface area contributed by atoms with E-state index in [9.17, 15) is 4.79 Å². The van der Waals surface area contributed by atoms with Crippen molar-refractivity contribution in [2.24, 2.45) is 5.41 Å². The molecule has 0 heterocycles. The second-order valence-electron chi connectivity index (χ2n) is 3.95. The van der Waals surface area contributed by atoms with Crippen molar-refractivity contribution in [1.29, 1.82) is 0 Å². The van der Waals surface area contributed by atoms with E-state index >= 15 is 0 Å². The maximum atomic E-state index is 10.7. The summed E-state index contributed by atoms with van der Waals surface area (Å²) in [5.74, 6) is -0.803. The van der Waals surface area contributed by atoms with E-state index in [2.05, 4.69) is 6.92 Å². The van der Waals surface area contributed by atoms with Gasteiger partial charge in [0.05, 0.1) is 12.0 Å². The predicted molar refractivity (Wildman–Crippen MR) is 51.8 cm³/mol. The first-order valence-corrected chi connectivity index (χ1v) is 4.82. The quantitative estimate of drug-likeness (QED) is 0.623. The third-order valence-corrected chi connectivity index (χ3v) is 1.93. The number of carboxylic acids is 1. The smallest absolute Gasteiger partial charge is 0.311 e. The normalized spacial score (nSPS) is 11.6. The van der Waals surface area contributed by atoms with Crippen molar-refractivity contribution in [3.63, 3.8) is 0 Å². The van der Waals surface area contributed by atoms with Crippen molar-refractivity contribution < 1.29 is 14.6 Å². The van der Waals surface area contributed by atoms with Crippen molar-refractivity contribution in [2.75, 3.05) is 13.2 Å². The maximum Gasteiger partial charge on any atom is 0.311 e. The molecule has 0 aliphatic carbocycles. The Hall–Kier alpha value is -0.570. The minimum atomic E-state index is -0.803. The zero-order chi connectivity index (χ0) is 10.3. The third kappa shape index (κ3) is 5.64. The lowest BCUT2D eigenvalue weighted by atomic mass is 9.95. The van der Waals surface area contributed by atoms with E-state index in [1.54, 1.807) is 13.8 Å². The van der Waals surface area contributed by atoms with Crippen LogP contribution in [-0.2, 0) is 9.53 Å². The van der Waals surface area contributed by atoms with Crippen LogP contribution in [0.15, 0.2) is 0 Å². The molecule has 0 radical (unpaired) electrons. The van der Waals surface area contributed by atoms with Gasteiger partial charge in [-0.3, -0.25) is 4.79 Å². The number of rotatable bonds is 7. The van der Waals surface area contributed by atoms with Crippen LogP contribution in [0.5, 0.6) is 0 Å². The number of aliphatic carboxylic acids is 1. The van der Waals surface area contributed by atoms with Gasteiger partial charge in [0.1, 0.15) is 0 Å². The Morgan fingerprint density at radius 3 is 2.46 bits per heavy atom. The molecular weight excluding hydrogens is 168 g/mol. The van der Waals surface area contributed by atoms with Gasteiger partial charge in [0.2, 0.25) is 0 Å². The third-order valence-electron chi connectivity index (χ3n) is 1.93. The number of hydrogen-bond donors (Lipinski definition) is 1. The highest BCUT2D eigenvalue weighted by Crippen LogP contribution is 2.15. The number of unbranched alkanes of at least 4 members (excludes halogenated alkanes) is 2. The number of carboxylic acid groups (broad SMARTS) is 1. The molecule has 13 heavy (non-hydrogen) atoms. The van der Waals surface area contributed by atoms with Gasteiger partial charge in [-0.1, -0.05) is 19.8 Å². The second-order valence-corrected chi connectivity index (χ2v) is 3.95. The van der Waals surface area contributed by atoms with Gasteiger partial charge in [-0.2, -0.15) is 0 Å². The number of ether oxygens (including phenoxy) is 1. The minimum Gasteiger partial charge on any atom is -0.481 e. The van der Waals surface area contributed by atoms with Gasteiger partial charge in [0, 0.05) is 6.61 Å². The van der Waals surface area contributed by atoms with Crippen LogP contribution in [0.2, 0.25) is 0 Å². The molecule has 0 saturated carbocycles. The van der Waals surface area contributed by atoms with Crippen molar-refractivity contribution in [1.82, 2.24) is 0 Å². The highest BCUT2D eigenvalue weighted by Gasteiger charge is 2.26. The molecule has 0 aromatic carbocycles. The van der Waals surface area contributed by atoms with Gasteiger partial charge in [-0.05, 0) is 20.3 Å². The molecule has 0 bridgehead atoms. The Kier molecular flexibility index (Phi) is 5.71. The van der Waals surface area contributed by atoms with E-state index < -0.39 is 11.4 Å². The molecule has 0 aliphatic heterocycles. The lowest BCUT2D eigenvalue weighted by Gasteiger charge is -2.18. The maximum absolute atomic E-state index is 10.7. The molecule has 1 N–H and O–H groups in total. The molecule has 0 spiro atoms. The lowest BCUT2D eigenvalue weighted by molar-refractivity contribution is -0.150. The Labute approximate surface area is 80.1 Å². The van der Waals surface area contributed by atoms with Crippen LogP contribution in [0.1, 0.15) is 40.0 Å². The van der Waals surface area contributed by atoms with E-state index in [-0.39, 0.29) is 0 Å². The zero-order valence-corrected chi connectivity index (χ0v) is 8.80. The van der Waals surface area contributed by atoms with Crippen LogP contribution in [0.25, 0.3) is 0 Å². The molecule has 0 fully saturated rings. The molecule has 0 aromatic heterocycles. The highest BCUT2D eigenvalue weighted by molar-refractivity contribution is 5.73. The van der Waals surface area contributed by atoms with E-state index in [4.69, 9.17) is 9.84 Å². The molecule has 78 valence electrons. The first kappa shape index (κ1) is 12.4. The van der Waals surface area contributed by atoms with E-state index in [1.807, 2.05) is 0 Å². The Balaban J connectivity index is 3.46. The Bertz CT molecular complexity index is 152. The second kappa shape index (κ2) is 5.97. The highest BCUT2D eigenvalue weighted by atomic mass is 16.5. The van der Waals surface area contributed by atoms with Gasteiger partial charge in [-0.15, -0.1) is 0 Å². The van der Waals surface area contributed by atoms with Crippen LogP contribution in [-0.4, -0.2) is 24.3 Å². The fourth-order valence-electron chi connectivity index (χ4n) is 0.843. The lowest BCUT2D eigenvalue weighted by Crippen LogP contribution is -2.29. The summed E-state index contributed by atoms with van der Waals surface area (Å²) in [6.45, 7) is 6.45. The molecule has 0 aromatic rings. The zero-order valence-electron chi connectivity index (χ0n) is 8.80. The molecule has 0 unspecified atom stereocenters. The predicted octanol–water partition coefficient (Wildman–Crippen LogP) is 2.30. The minimum absolute atomic E-state index is 0.298. The van der Waals surface area contributed by atoms with E-state index in [0.29, 0.717) is 13.2 Å². The topological polar surface area (TPSA) is 46.5 Å². The fourth-order valence-corrected chi connectivity index (χ4v) is 0.843. The largest absolute Gasteiger partial charge is 0.481 e. The summed E-state index contributed by atoms with van der Waals surface area (Å²) in [4.78, 5) is 10.7. The van der Waals surface area contributed by atoms with Crippen LogP contribution in [0, 0.1) is 5.41 Å². The van der Waals surface area contributed by atoms with E-state index in [0.717, 1.165) is 19.3 Å². The fraction of sp³-hybridized carbons (Fsp3) is 0.900. The Morgan fingerprint density at radius 2 is 2.00 bits per heavy atom. The van der Waals surface area contributed by atoms with Gasteiger partial charge in [0.25, 0.3) is 0 Å². The SMILES string of the molecule is CCCCCOCC(C)(C)C(=O)O. The summed E-state index contributed by atoms with van der Waals surface area (Å²) in [7, 11) is 0. The number of hydrogen-bond acceptors (Lipinski definition) is 2. The van der Waals surface area contributed by atoms with Crippen LogP contribution in [0.3, 0.4) is 0 Å². The summed E-state index contributed by atoms with van der Waals surface area (Å²) < 4.78 is 5.28. The summed E-state index contributed by atoms with van der Waals surface area (Å²) >= 11 is 0. The van der Waals surface area contributed by atoms with Gasteiger partial charge >= 0.3 is 5.97 Å². The first-order chi connectivity index (χ1) is 6.00. The van der Waals surface area contributed by atoms with Crippen molar-refractivity contribution in [3.05, 3.63) is 0 Å². The molecule has 3 nitrogen and oxygen atoms in total. The Morgan fingerprint density at radius 1 is 1.38 bits per heavy atom. The summed E-state index contributed by atoms with van der Waals surface area (Å²) in [6.07, 6.45) is 3.32. The molecule has 0 atom stereocenters. The van der Waals surface area contributed by atoms with Gasteiger partial charge in [0.15, 0.2) is 0 Å². The van der Waals surface area contributed by atoms with E-state index in [1.165, 1.54) is 0 Å². The van der Waals surface area contributed by atoms with Crippen molar-refractivity contribution in [3.8, 4) is 0 Å². The molecule has 3 heteroatoms. The molecule has 0 rings (SSSR count). The standard InChI is InChI=1S/C10H20O3/c1-4-5-6-7-13-8-10(2,3)9(11)12/h4-8H2,1-3H3,(H,11,12). The van der Waals surface area contributed by atoms with Crippen molar-refractivity contribution >= 4 is 5.97 Å². The average molecular weight is 188 g/mol. The van der Waals surface area contributed by atoms with Crippen LogP contribution < -0.4 is 0 Å². The molecular formula is C10H20O3. The van der Waals surface area contributed by atoms with Crippen LogP contribution >= 0.6 is 0 Å². The summed E-state index contributed by atoms with van der Waals surface area (Å²) in [5.41, 5.74) is -0.758. The summed E-state index contributed by atoms with van der Waals surface area (Å²) in [6, 6.07) is 0. The molecule has 0 saturated heterocycles. The van der Waals surface area contributed by atoms with Gasteiger partial charge in [-0.25, -0.2) is 0 Å². The van der Waals surface area contributed by atoms with Crippen molar-refractivity contribution in [2.45, 2.75) is 40.0 Å². The van der Waals surface area contributed by atoms with Crippen LogP contribution in [0.4, 0.5) is 0 Å².